The van der Waals surface area contributed by atoms with Crippen molar-refractivity contribution in [3.8, 4) is 0 Å². The Morgan fingerprint density at radius 1 is 0.942 bits per heavy atom. The molecular formula is C43H76N2O7. The van der Waals surface area contributed by atoms with Gasteiger partial charge in [0.25, 0.3) is 0 Å². The Hall–Kier alpha value is -1.52. The molecule has 0 aromatic heterocycles. The van der Waals surface area contributed by atoms with Crippen molar-refractivity contribution in [2.24, 2.45) is 46.3 Å². The van der Waals surface area contributed by atoms with Crippen LogP contribution in [0.4, 0.5) is 0 Å². The van der Waals surface area contributed by atoms with Gasteiger partial charge in [0.05, 0.1) is 50.8 Å². The van der Waals surface area contributed by atoms with Gasteiger partial charge in [-0.25, -0.2) is 0 Å². The highest BCUT2D eigenvalue weighted by molar-refractivity contribution is 5.78. The molecule has 52 heavy (non-hydrogen) atoms. The molecule has 0 spiro atoms. The topological polar surface area (TPSA) is 107 Å². The maximum atomic E-state index is 12.6. The summed E-state index contributed by atoms with van der Waals surface area (Å²) in [5.41, 5.74) is 2.40. The molecule has 0 aromatic rings. The Morgan fingerprint density at radius 2 is 1.71 bits per heavy atom. The second kappa shape index (κ2) is 19.4. The predicted molar refractivity (Wildman–Crippen MR) is 207 cm³/mol. The van der Waals surface area contributed by atoms with Crippen LogP contribution in [0.5, 0.6) is 0 Å². The molecule has 0 bridgehead atoms. The number of nitrogens with zero attached hydrogens (tertiary/aromatic N) is 1. The van der Waals surface area contributed by atoms with Gasteiger partial charge in [0.2, 0.25) is 11.8 Å². The normalized spacial score (nSPS) is 34.7. The third kappa shape index (κ3) is 10.2. The third-order valence-electron chi connectivity index (χ3n) is 14.0. The Balaban J connectivity index is 0.00000605. The number of ether oxygens (including phenoxy) is 4. The Bertz CT molecular complexity index is 1180. The van der Waals surface area contributed by atoms with E-state index in [1.165, 1.54) is 57.8 Å². The molecule has 4 aliphatic carbocycles. The summed E-state index contributed by atoms with van der Waals surface area (Å²) in [4.78, 5) is 26.8. The fraction of sp³-hybridized carbons (Fsp3) is 0.907. The van der Waals surface area contributed by atoms with Crippen LogP contribution >= 0.6 is 0 Å². The van der Waals surface area contributed by atoms with E-state index in [1.54, 1.807) is 10.5 Å². The standard InChI is InChI=1S/C42H72N2O7.CH4/c1-28(2)8-9-30(5)36-12-13-37-35-11-10-31-22-33(14-16-41(31,6)38(35)15-17-42(36,37)7)50-26-39(46)43-18-19-48-20-21-49-27-40(47)44-24-34(51-29(3)4)23-32(44)25-45;/h22,28-30,32-38,45H,8-21,23-27H2,1-7H3,(H,43,46);1H4/t30-,32-,33+,34+,35?,36-,37+,38+,41+,42-;/m0./s1. The first kappa shape index (κ1) is 43.2. The molecule has 0 aromatic carbocycles. The van der Waals surface area contributed by atoms with Gasteiger partial charge in [0.1, 0.15) is 13.2 Å². The summed E-state index contributed by atoms with van der Waals surface area (Å²) < 4.78 is 23.1. The number of hydrogen-bond donors (Lipinski definition) is 2. The molecule has 0 radical (unpaired) electrons. The van der Waals surface area contributed by atoms with Crippen LogP contribution in [0, 0.1) is 46.3 Å². The number of allylic oxidation sites excluding steroid dienone is 1. The lowest BCUT2D eigenvalue weighted by Gasteiger charge is -2.59. The molecule has 10 atom stereocenters. The second-order valence-electron chi connectivity index (χ2n) is 18.0. The van der Waals surface area contributed by atoms with E-state index in [2.05, 4.69) is 46.0 Å². The van der Waals surface area contributed by atoms with E-state index in [0.29, 0.717) is 38.1 Å². The summed E-state index contributed by atoms with van der Waals surface area (Å²) in [5, 5.41) is 12.6. The van der Waals surface area contributed by atoms with Gasteiger partial charge in [-0.1, -0.05) is 66.5 Å². The number of carbonyl (C=O) groups excluding carboxylic acids is 2. The van der Waals surface area contributed by atoms with Crippen molar-refractivity contribution in [3.63, 3.8) is 0 Å². The van der Waals surface area contributed by atoms with Crippen molar-refractivity contribution in [2.75, 3.05) is 52.7 Å². The highest BCUT2D eigenvalue weighted by Crippen LogP contribution is 2.67. The first-order valence-corrected chi connectivity index (χ1v) is 20.7. The molecule has 9 nitrogen and oxygen atoms in total. The molecule has 1 heterocycles. The number of hydrogen-bond acceptors (Lipinski definition) is 7. The summed E-state index contributed by atoms with van der Waals surface area (Å²) in [6.45, 7) is 18.2. The Kier molecular flexibility index (Phi) is 16.1. The largest absolute Gasteiger partial charge is 0.394 e. The lowest BCUT2D eigenvalue weighted by molar-refractivity contribution is -0.138. The van der Waals surface area contributed by atoms with Gasteiger partial charge >= 0.3 is 0 Å². The number of nitrogens with one attached hydrogen (secondary N) is 1. The summed E-state index contributed by atoms with van der Waals surface area (Å²) in [6.07, 6.45) is 16.1. The molecule has 1 unspecified atom stereocenters. The van der Waals surface area contributed by atoms with Crippen molar-refractivity contribution >= 4 is 11.8 Å². The van der Waals surface area contributed by atoms with Crippen molar-refractivity contribution in [2.45, 2.75) is 151 Å². The zero-order valence-electron chi connectivity index (χ0n) is 33.1. The third-order valence-corrected chi connectivity index (χ3v) is 14.0. The molecule has 300 valence electrons. The van der Waals surface area contributed by atoms with Crippen LogP contribution in [-0.2, 0) is 28.5 Å². The van der Waals surface area contributed by atoms with E-state index in [9.17, 15) is 14.7 Å². The molecule has 1 saturated heterocycles. The number of amides is 2. The number of carbonyl (C=O) groups is 2. The van der Waals surface area contributed by atoms with Gasteiger partial charge in [-0.3, -0.25) is 9.59 Å². The average molecular weight is 733 g/mol. The molecule has 4 fully saturated rings. The maximum absolute atomic E-state index is 12.6. The van der Waals surface area contributed by atoms with Crippen LogP contribution in [0.1, 0.15) is 127 Å². The molecule has 2 amide bonds. The van der Waals surface area contributed by atoms with Crippen LogP contribution in [0.2, 0.25) is 0 Å². The highest BCUT2D eigenvalue weighted by atomic mass is 16.5. The summed E-state index contributed by atoms with van der Waals surface area (Å²) >= 11 is 0. The number of likely N-dealkylation sites (tertiary alicyclic amines) is 1. The zero-order chi connectivity index (χ0) is 36.8. The number of rotatable bonds is 18. The van der Waals surface area contributed by atoms with Crippen LogP contribution in [-0.4, -0.2) is 98.9 Å². The predicted octanol–water partition coefficient (Wildman–Crippen LogP) is 7.20. The van der Waals surface area contributed by atoms with E-state index in [4.69, 9.17) is 18.9 Å². The fourth-order valence-electron chi connectivity index (χ4n) is 11.4. The molecule has 1 aliphatic heterocycles. The van der Waals surface area contributed by atoms with Gasteiger partial charge in [-0.15, -0.1) is 0 Å². The summed E-state index contributed by atoms with van der Waals surface area (Å²) in [6, 6.07) is -0.231. The minimum atomic E-state index is -0.231. The Morgan fingerprint density at radius 3 is 2.44 bits per heavy atom. The smallest absolute Gasteiger partial charge is 0.248 e. The van der Waals surface area contributed by atoms with E-state index in [-0.39, 0.29) is 75.4 Å². The minimum absolute atomic E-state index is 0. The number of fused-ring (bicyclic) bond motifs is 5. The van der Waals surface area contributed by atoms with E-state index in [0.717, 1.165) is 41.9 Å². The minimum Gasteiger partial charge on any atom is -0.394 e. The van der Waals surface area contributed by atoms with Crippen LogP contribution < -0.4 is 5.32 Å². The molecular weight excluding hydrogens is 656 g/mol. The molecule has 5 rings (SSSR count). The van der Waals surface area contributed by atoms with Gasteiger partial charge in [-0.2, -0.15) is 0 Å². The fourth-order valence-corrected chi connectivity index (χ4v) is 11.4. The molecule has 9 heteroatoms. The number of aliphatic hydroxyl groups is 1. The van der Waals surface area contributed by atoms with Gasteiger partial charge < -0.3 is 34.3 Å². The first-order valence-electron chi connectivity index (χ1n) is 20.7. The van der Waals surface area contributed by atoms with E-state index >= 15 is 0 Å². The van der Waals surface area contributed by atoms with Crippen molar-refractivity contribution in [3.05, 3.63) is 11.6 Å². The van der Waals surface area contributed by atoms with Crippen molar-refractivity contribution in [1.29, 1.82) is 0 Å². The lowest BCUT2D eigenvalue weighted by atomic mass is 9.46. The highest BCUT2D eigenvalue weighted by Gasteiger charge is 2.59. The van der Waals surface area contributed by atoms with Crippen LogP contribution in [0.25, 0.3) is 0 Å². The van der Waals surface area contributed by atoms with Gasteiger partial charge in [0.15, 0.2) is 0 Å². The second-order valence-corrected chi connectivity index (χ2v) is 18.0. The van der Waals surface area contributed by atoms with Gasteiger partial charge in [-0.05, 0) is 118 Å². The van der Waals surface area contributed by atoms with Crippen LogP contribution in [0.3, 0.4) is 0 Å². The number of aliphatic hydroxyl groups excluding tert-OH is 1. The average Bonchev–Trinajstić information content (AvgIpc) is 3.67. The van der Waals surface area contributed by atoms with Crippen LogP contribution in [0.15, 0.2) is 11.6 Å². The summed E-state index contributed by atoms with van der Waals surface area (Å²) in [5.74, 6) is 4.81. The van der Waals surface area contributed by atoms with E-state index in [1.807, 2.05) is 13.8 Å². The molecule has 2 N–H and O–H groups in total. The summed E-state index contributed by atoms with van der Waals surface area (Å²) in [7, 11) is 0. The Labute approximate surface area is 316 Å². The molecule has 3 saturated carbocycles. The lowest BCUT2D eigenvalue weighted by Crippen LogP contribution is -2.51. The van der Waals surface area contributed by atoms with E-state index < -0.39 is 0 Å². The molecule has 5 aliphatic rings. The maximum Gasteiger partial charge on any atom is 0.248 e. The monoisotopic (exact) mass is 733 g/mol. The van der Waals surface area contributed by atoms with Gasteiger partial charge in [0, 0.05) is 13.1 Å². The SMILES string of the molecule is C.CC(C)CC[C@H](C)[C@@H]1CC[C@@H]2C3CCC4=C[C@H](OCC(=O)NCCOCCOCC(=O)N5C[C@H](OC(C)C)C[C@H]5CO)CC[C@@]4(C)[C@@H]3CC[C@]21C. The van der Waals surface area contributed by atoms with Crippen molar-refractivity contribution in [1.82, 2.24) is 10.2 Å². The van der Waals surface area contributed by atoms with Crippen molar-refractivity contribution < 1.29 is 33.6 Å². The quantitative estimate of drug-likeness (QED) is 0.114. The zero-order valence-corrected chi connectivity index (χ0v) is 33.1. The first-order chi connectivity index (χ1) is 24.4.